The Labute approximate surface area is 111 Å². The first kappa shape index (κ1) is 13.3. The third-order valence-electron chi connectivity index (χ3n) is 2.79. The van der Waals surface area contributed by atoms with Crippen LogP contribution in [-0.2, 0) is 19.5 Å². The molecule has 1 atom stereocenters. The SMILES string of the molecule is CC(Cc1ccsc1)NCc1cnn(CCO)c1. The van der Waals surface area contributed by atoms with Crippen LogP contribution in [0.15, 0.2) is 29.2 Å². The summed E-state index contributed by atoms with van der Waals surface area (Å²) in [6.07, 6.45) is 4.87. The molecular formula is C13H19N3OS. The second-order valence-electron chi connectivity index (χ2n) is 4.45. The van der Waals surface area contributed by atoms with Crippen molar-refractivity contribution in [2.75, 3.05) is 6.61 Å². The minimum atomic E-state index is 0.128. The first-order valence-electron chi connectivity index (χ1n) is 6.14. The van der Waals surface area contributed by atoms with E-state index >= 15 is 0 Å². The van der Waals surface area contributed by atoms with Gasteiger partial charge in [-0.2, -0.15) is 16.4 Å². The van der Waals surface area contributed by atoms with Crippen LogP contribution in [0.5, 0.6) is 0 Å². The van der Waals surface area contributed by atoms with Crippen molar-refractivity contribution in [2.24, 2.45) is 0 Å². The molecule has 0 saturated carbocycles. The fraction of sp³-hybridized carbons (Fsp3) is 0.462. The van der Waals surface area contributed by atoms with Crippen LogP contribution in [0, 0.1) is 0 Å². The third-order valence-corrected chi connectivity index (χ3v) is 3.52. The Morgan fingerprint density at radius 1 is 1.50 bits per heavy atom. The standard InChI is InChI=1S/C13H19N3OS/c1-11(6-12-2-5-18-10-12)14-7-13-8-15-16(9-13)3-4-17/h2,5,8-11,14,17H,3-4,6-7H2,1H3. The van der Waals surface area contributed by atoms with E-state index in [9.17, 15) is 0 Å². The van der Waals surface area contributed by atoms with Gasteiger partial charge in [-0.3, -0.25) is 4.68 Å². The summed E-state index contributed by atoms with van der Waals surface area (Å²) in [5.74, 6) is 0. The zero-order chi connectivity index (χ0) is 12.8. The van der Waals surface area contributed by atoms with Gasteiger partial charge in [-0.05, 0) is 35.7 Å². The number of aromatic nitrogens is 2. The Balaban J connectivity index is 1.76. The molecule has 0 aliphatic rings. The van der Waals surface area contributed by atoms with Gasteiger partial charge in [-0.25, -0.2) is 0 Å². The van der Waals surface area contributed by atoms with Gasteiger partial charge in [0, 0.05) is 24.3 Å². The Morgan fingerprint density at radius 2 is 2.39 bits per heavy atom. The van der Waals surface area contributed by atoms with Crippen LogP contribution in [0.4, 0.5) is 0 Å². The van der Waals surface area contributed by atoms with Crippen molar-refractivity contribution >= 4 is 11.3 Å². The zero-order valence-electron chi connectivity index (χ0n) is 10.5. The van der Waals surface area contributed by atoms with E-state index in [4.69, 9.17) is 5.11 Å². The lowest BCUT2D eigenvalue weighted by molar-refractivity contribution is 0.269. The molecule has 4 nitrogen and oxygen atoms in total. The summed E-state index contributed by atoms with van der Waals surface area (Å²) < 4.78 is 1.76. The van der Waals surface area contributed by atoms with Gasteiger partial charge in [0.25, 0.3) is 0 Å². The molecule has 0 fully saturated rings. The zero-order valence-corrected chi connectivity index (χ0v) is 11.4. The number of rotatable bonds is 7. The summed E-state index contributed by atoms with van der Waals surface area (Å²) in [5, 5.41) is 20.8. The predicted octanol–water partition coefficient (Wildman–Crippen LogP) is 1.66. The van der Waals surface area contributed by atoms with Crippen LogP contribution < -0.4 is 5.32 Å². The van der Waals surface area contributed by atoms with Crippen LogP contribution >= 0.6 is 11.3 Å². The topological polar surface area (TPSA) is 50.1 Å². The largest absolute Gasteiger partial charge is 0.394 e. The molecule has 2 heterocycles. The quantitative estimate of drug-likeness (QED) is 0.800. The third kappa shape index (κ3) is 3.94. The van der Waals surface area contributed by atoms with Gasteiger partial charge in [-0.15, -0.1) is 0 Å². The minimum absolute atomic E-state index is 0.128. The van der Waals surface area contributed by atoms with Crippen molar-refractivity contribution in [3.8, 4) is 0 Å². The van der Waals surface area contributed by atoms with Gasteiger partial charge >= 0.3 is 0 Å². The Kier molecular flexibility index (Phi) is 4.92. The van der Waals surface area contributed by atoms with E-state index in [1.54, 1.807) is 16.0 Å². The van der Waals surface area contributed by atoms with E-state index in [-0.39, 0.29) is 6.61 Å². The smallest absolute Gasteiger partial charge is 0.0640 e. The molecule has 18 heavy (non-hydrogen) atoms. The van der Waals surface area contributed by atoms with Gasteiger partial charge in [-0.1, -0.05) is 0 Å². The molecule has 98 valence electrons. The molecule has 0 bridgehead atoms. The van der Waals surface area contributed by atoms with Crippen LogP contribution in [0.3, 0.4) is 0 Å². The summed E-state index contributed by atoms with van der Waals surface area (Å²) in [5.41, 5.74) is 2.54. The number of nitrogens with zero attached hydrogens (tertiary/aromatic N) is 2. The van der Waals surface area contributed by atoms with Gasteiger partial charge in [0.05, 0.1) is 19.3 Å². The molecule has 2 N–H and O–H groups in total. The molecule has 2 aromatic rings. The van der Waals surface area contributed by atoms with Crippen molar-refractivity contribution < 1.29 is 5.11 Å². The lowest BCUT2D eigenvalue weighted by Crippen LogP contribution is -2.27. The number of aliphatic hydroxyl groups excluding tert-OH is 1. The van der Waals surface area contributed by atoms with Crippen molar-refractivity contribution in [3.63, 3.8) is 0 Å². The van der Waals surface area contributed by atoms with Crippen LogP contribution in [0.1, 0.15) is 18.1 Å². The van der Waals surface area contributed by atoms with E-state index in [0.29, 0.717) is 12.6 Å². The summed E-state index contributed by atoms with van der Waals surface area (Å²) in [6, 6.07) is 2.61. The van der Waals surface area contributed by atoms with E-state index in [2.05, 4.69) is 34.2 Å². The fourth-order valence-corrected chi connectivity index (χ4v) is 2.53. The van der Waals surface area contributed by atoms with E-state index in [0.717, 1.165) is 18.5 Å². The van der Waals surface area contributed by atoms with Crippen LogP contribution in [0.2, 0.25) is 0 Å². The maximum absolute atomic E-state index is 8.82. The number of thiophene rings is 1. The van der Waals surface area contributed by atoms with Crippen molar-refractivity contribution in [1.82, 2.24) is 15.1 Å². The van der Waals surface area contributed by atoms with E-state index < -0.39 is 0 Å². The molecule has 0 radical (unpaired) electrons. The summed E-state index contributed by atoms with van der Waals surface area (Å²) in [7, 11) is 0. The van der Waals surface area contributed by atoms with Gasteiger partial charge in [0.1, 0.15) is 0 Å². The maximum atomic E-state index is 8.82. The molecule has 2 aromatic heterocycles. The minimum Gasteiger partial charge on any atom is -0.394 e. The molecule has 2 rings (SSSR count). The second-order valence-corrected chi connectivity index (χ2v) is 5.23. The molecule has 0 amide bonds. The first-order valence-corrected chi connectivity index (χ1v) is 7.09. The molecule has 0 aliphatic heterocycles. The highest BCUT2D eigenvalue weighted by atomic mass is 32.1. The Bertz CT molecular complexity index is 453. The van der Waals surface area contributed by atoms with Gasteiger partial charge in [0.2, 0.25) is 0 Å². The Morgan fingerprint density at radius 3 is 3.11 bits per heavy atom. The maximum Gasteiger partial charge on any atom is 0.0640 e. The molecular weight excluding hydrogens is 246 g/mol. The van der Waals surface area contributed by atoms with Crippen LogP contribution in [-0.4, -0.2) is 27.5 Å². The molecule has 0 aliphatic carbocycles. The molecule has 1 unspecified atom stereocenters. The second kappa shape index (κ2) is 6.68. The normalized spacial score (nSPS) is 12.8. The average Bonchev–Trinajstić information content (AvgIpc) is 2.99. The average molecular weight is 265 g/mol. The Hall–Kier alpha value is -1.17. The number of hydrogen-bond acceptors (Lipinski definition) is 4. The summed E-state index contributed by atoms with van der Waals surface area (Å²) in [6.45, 7) is 3.69. The lowest BCUT2D eigenvalue weighted by atomic mass is 10.1. The van der Waals surface area contributed by atoms with Crippen molar-refractivity contribution in [2.45, 2.75) is 32.5 Å². The lowest BCUT2D eigenvalue weighted by Gasteiger charge is -2.11. The number of nitrogens with one attached hydrogen (secondary N) is 1. The van der Waals surface area contributed by atoms with Gasteiger partial charge in [0.15, 0.2) is 0 Å². The summed E-state index contributed by atoms with van der Waals surface area (Å²) >= 11 is 1.74. The van der Waals surface area contributed by atoms with Gasteiger partial charge < -0.3 is 10.4 Å². The van der Waals surface area contributed by atoms with E-state index in [1.807, 2.05) is 12.4 Å². The molecule has 5 heteroatoms. The van der Waals surface area contributed by atoms with Crippen molar-refractivity contribution in [1.29, 1.82) is 0 Å². The highest BCUT2D eigenvalue weighted by molar-refractivity contribution is 7.07. The number of hydrogen-bond donors (Lipinski definition) is 2. The van der Waals surface area contributed by atoms with E-state index in [1.165, 1.54) is 5.56 Å². The monoisotopic (exact) mass is 265 g/mol. The van der Waals surface area contributed by atoms with Crippen molar-refractivity contribution in [3.05, 3.63) is 40.3 Å². The molecule has 0 spiro atoms. The molecule has 0 aromatic carbocycles. The number of aliphatic hydroxyl groups is 1. The first-order chi connectivity index (χ1) is 8.78. The molecule has 0 saturated heterocycles. The highest BCUT2D eigenvalue weighted by Crippen LogP contribution is 2.09. The summed E-state index contributed by atoms with van der Waals surface area (Å²) in [4.78, 5) is 0. The van der Waals surface area contributed by atoms with Crippen LogP contribution in [0.25, 0.3) is 0 Å². The fourth-order valence-electron chi connectivity index (χ4n) is 1.85. The predicted molar refractivity (Wildman–Crippen MR) is 73.6 cm³/mol. The highest BCUT2D eigenvalue weighted by Gasteiger charge is 2.04.